The molecule has 4 N–H and O–H groups in total. The first kappa shape index (κ1) is 40.4. The molecule has 1 saturated heterocycles. The summed E-state index contributed by atoms with van der Waals surface area (Å²) in [6.45, 7) is 8.32. The van der Waals surface area contributed by atoms with E-state index in [-0.39, 0.29) is 29.6 Å². The number of amides is 3. The van der Waals surface area contributed by atoms with Gasteiger partial charge in [0.05, 0.1) is 54.1 Å². The number of hydrogen-bond acceptors (Lipinski definition) is 10. The summed E-state index contributed by atoms with van der Waals surface area (Å²) in [6.07, 6.45) is 7.75. The Bertz CT molecular complexity index is 2190. The van der Waals surface area contributed by atoms with E-state index in [0.717, 1.165) is 78.2 Å². The second kappa shape index (κ2) is 17.4. The summed E-state index contributed by atoms with van der Waals surface area (Å²) in [5.74, 6) is 2.21. The molecule has 1 saturated carbocycles. The van der Waals surface area contributed by atoms with Crippen molar-refractivity contribution in [1.82, 2.24) is 35.5 Å². The van der Waals surface area contributed by atoms with Gasteiger partial charge < -0.3 is 35.0 Å². The lowest BCUT2D eigenvalue weighted by Gasteiger charge is -2.30. The highest BCUT2D eigenvalue weighted by atomic mass is 32.1. The summed E-state index contributed by atoms with van der Waals surface area (Å²) in [4.78, 5) is 72.8. The summed E-state index contributed by atoms with van der Waals surface area (Å²) in [6, 6.07) is 9.49. The molecule has 2 fully saturated rings. The molecule has 5 aromatic rings. The zero-order valence-electron chi connectivity index (χ0n) is 33.5. The van der Waals surface area contributed by atoms with E-state index in [1.54, 1.807) is 22.7 Å². The Morgan fingerprint density at radius 3 is 2.30 bits per heavy atom. The fraction of sp³-hybridized carbons (Fsp3) is 0.524. The summed E-state index contributed by atoms with van der Waals surface area (Å²) in [5, 5.41) is 6.61. The number of H-pyrrole nitrogens is 2. The van der Waals surface area contributed by atoms with Crippen molar-refractivity contribution in [3.05, 3.63) is 48.2 Å². The standard InChI is InChI=1S/C42H53N7O6S2/c1-22(2)36(47-41(52)54-5)31(50)17-24-9-7-10-25(13-12-24)38-44-27-18-26-19-35(57-34(26)20-28(27)45-38)33-15-14-32(56-33)29-21-43-39(46-29)30-11-8-16-49(30)40(51)37(23(3)4)48-42(53)55-6/h14-15,18-25,30,36-37H,7-13,16-17H2,1-6H3,(H,43,46)(H,44,45)(H,47,52)(H,48,53). The second-order valence-corrected chi connectivity index (χ2v) is 18.3. The van der Waals surface area contributed by atoms with Crippen LogP contribution in [0.2, 0.25) is 0 Å². The number of ether oxygens (including phenoxy) is 2. The van der Waals surface area contributed by atoms with Gasteiger partial charge in [-0.05, 0) is 92.0 Å². The molecular formula is C42H53N7O6S2. The SMILES string of the molecule is COC(=O)NC(C(=O)CC1CCCC(c2nc3cc4sc(-c5ccc(-c6cnc(C7CCCN7C(=O)C(NC(=O)OC)C(C)C)[nH]6)s5)cc4cc3[nH]2)CC1)C(C)C. The summed E-state index contributed by atoms with van der Waals surface area (Å²) >= 11 is 3.46. The number of imidazole rings is 2. The van der Waals surface area contributed by atoms with Crippen LogP contribution in [0.4, 0.5) is 9.59 Å². The van der Waals surface area contributed by atoms with Crippen molar-refractivity contribution in [3.63, 3.8) is 0 Å². The van der Waals surface area contributed by atoms with Gasteiger partial charge in [0, 0.05) is 33.3 Å². The van der Waals surface area contributed by atoms with Gasteiger partial charge in [-0.1, -0.05) is 34.1 Å². The Balaban J connectivity index is 1.00. The van der Waals surface area contributed by atoms with E-state index in [1.807, 2.05) is 38.8 Å². The van der Waals surface area contributed by atoms with Gasteiger partial charge in [-0.3, -0.25) is 9.59 Å². The number of Topliss-reactive ketones (excluding diaryl/α,β-unsaturated/α-hetero) is 1. The van der Waals surface area contributed by atoms with Crippen LogP contribution in [0, 0.1) is 17.8 Å². The average Bonchev–Trinajstić information content (AvgIpc) is 4.03. The van der Waals surface area contributed by atoms with Gasteiger partial charge in [0.15, 0.2) is 5.78 Å². The molecule has 1 aromatic carbocycles. The lowest BCUT2D eigenvalue weighted by atomic mass is 9.88. The number of methoxy groups -OCH3 is 2. The zero-order chi connectivity index (χ0) is 40.4. The lowest BCUT2D eigenvalue weighted by molar-refractivity contribution is -0.135. The van der Waals surface area contributed by atoms with Crippen LogP contribution in [0.5, 0.6) is 0 Å². The molecule has 0 bridgehead atoms. The van der Waals surface area contributed by atoms with Gasteiger partial charge in [-0.15, -0.1) is 22.7 Å². The van der Waals surface area contributed by atoms with Crippen molar-refractivity contribution in [1.29, 1.82) is 0 Å². The molecule has 13 nitrogen and oxygen atoms in total. The molecule has 0 spiro atoms. The smallest absolute Gasteiger partial charge is 0.407 e. The molecule has 1 aliphatic heterocycles. The van der Waals surface area contributed by atoms with Crippen molar-refractivity contribution >= 4 is 67.7 Å². The van der Waals surface area contributed by atoms with E-state index >= 15 is 0 Å². The van der Waals surface area contributed by atoms with Gasteiger partial charge in [0.1, 0.15) is 17.7 Å². The van der Waals surface area contributed by atoms with Gasteiger partial charge in [-0.2, -0.15) is 0 Å². The molecule has 3 amide bonds. The van der Waals surface area contributed by atoms with E-state index < -0.39 is 24.3 Å². The van der Waals surface area contributed by atoms with Crippen LogP contribution >= 0.6 is 22.7 Å². The number of aromatic nitrogens is 4. The first-order valence-corrected chi connectivity index (χ1v) is 21.7. The number of nitrogens with one attached hydrogen (secondary N) is 4. The number of aromatic amines is 2. The molecule has 7 rings (SSSR count). The van der Waals surface area contributed by atoms with Crippen molar-refractivity contribution in [2.45, 2.75) is 103 Å². The van der Waals surface area contributed by atoms with Crippen LogP contribution < -0.4 is 10.6 Å². The highest BCUT2D eigenvalue weighted by Gasteiger charge is 2.37. The molecule has 5 heterocycles. The average molecular weight is 816 g/mol. The maximum atomic E-state index is 13.6. The number of hydrogen-bond donors (Lipinski definition) is 4. The highest BCUT2D eigenvalue weighted by molar-refractivity contribution is 7.27. The fourth-order valence-electron chi connectivity index (χ4n) is 8.39. The van der Waals surface area contributed by atoms with Gasteiger partial charge in [0.25, 0.3) is 0 Å². The Labute approximate surface area is 340 Å². The maximum Gasteiger partial charge on any atom is 0.407 e. The number of carbonyl (C=O) groups is 4. The number of nitrogens with zero attached hydrogens (tertiary/aromatic N) is 3. The van der Waals surface area contributed by atoms with Crippen LogP contribution in [0.15, 0.2) is 36.5 Å². The molecule has 15 heteroatoms. The van der Waals surface area contributed by atoms with Crippen molar-refractivity contribution in [3.8, 4) is 20.3 Å². The highest BCUT2D eigenvalue weighted by Crippen LogP contribution is 2.42. The fourth-order valence-corrected chi connectivity index (χ4v) is 10.5. The van der Waals surface area contributed by atoms with E-state index in [2.05, 4.69) is 50.9 Å². The second-order valence-electron chi connectivity index (χ2n) is 16.1. The largest absolute Gasteiger partial charge is 0.453 e. The zero-order valence-corrected chi connectivity index (χ0v) is 35.1. The predicted molar refractivity (Wildman–Crippen MR) is 223 cm³/mol. The number of ketones is 1. The molecular weight excluding hydrogens is 763 g/mol. The molecule has 57 heavy (non-hydrogen) atoms. The number of thiophene rings is 2. The number of rotatable bonds is 12. The molecule has 5 unspecified atom stereocenters. The minimum absolute atomic E-state index is 0.00626. The molecule has 4 aromatic heterocycles. The minimum atomic E-state index is -0.678. The van der Waals surface area contributed by atoms with Crippen LogP contribution in [0.25, 0.3) is 41.4 Å². The quantitative estimate of drug-likeness (QED) is 0.0905. The Morgan fingerprint density at radius 1 is 0.825 bits per heavy atom. The summed E-state index contributed by atoms with van der Waals surface area (Å²) in [7, 11) is 2.61. The van der Waals surface area contributed by atoms with Crippen LogP contribution in [-0.4, -0.2) is 81.6 Å². The normalized spacial score (nSPS) is 19.9. The van der Waals surface area contributed by atoms with Crippen molar-refractivity contribution in [2.24, 2.45) is 17.8 Å². The van der Waals surface area contributed by atoms with Crippen molar-refractivity contribution < 1.29 is 28.7 Å². The third-order valence-electron chi connectivity index (χ3n) is 11.5. The van der Waals surface area contributed by atoms with E-state index in [9.17, 15) is 19.2 Å². The molecule has 0 radical (unpaired) electrons. The minimum Gasteiger partial charge on any atom is -0.453 e. The summed E-state index contributed by atoms with van der Waals surface area (Å²) in [5.41, 5.74) is 2.91. The number of alkyl carbamates (subject to hydrolysis) is 2. The van der Waals surface area contributed by atoms with Crippen LogP contribution in [0.1, 0.15) is 103 Å². The topological polar surface area (TPSA) is 171 Å². The third kappa shape index (κ3) is 8.89. The van der Waals surface area contributed by atoms with Gasteiger partial charge >= 0.3 is 12.2 Å². The monoisotopic (exact) mass is 815 g/mol. The van der Waals surface area contributed by atoms with Crippen LogP contribution in [0.3, 0.4) is 0 Å². The Morgan fingerprint density at radius 2 is 1.56 bits per heavy atom. The maximum absolute atomic E-state index is 13.6. The number of fused-ring (bicyclic) bond motifs is 2. The van der Waals surface area contributed by atoms with E-state index in [1.165, 1.54) is 34.1 Å². The van der Waals surface area contributed by atoms with Crippen LogP contribution in [-0.2, 0) is 19.1 Å². The van der Waals surface area contributed by atoms with Gasteiger partial charge in [0.2, 0.25) is 5.91 Å². The first-order chi connectivity index (χ1) is 27.4. The predicted octanol–water partition coefficient (Wildman–Crippen LogP) is 8.94. The molecule has 5 atom stereocenters. The molecule has 304 valence electrons. The number of benzene rings is 1. The lowest BCUT2D eigenvalue weighted by Crippen LogP contribution is -2.51. The number of carbonyl (C=O) groups excluding carboxylic acids is 4. The van der Waals surface area contributed by atoms with Crippen molar-refractivity contribution in [2.75, 3.05) is 20.8 Å². The van der Waals surface area contributed by atoms with Gasteiger partial charge in [-0.25, -0.2) is 19.6 Å². The first-order valence-electron chi connectivity index (χ1n) is 20.0. The van der Waals surface area contributed by atoms with E-state index in [0.29, 0.717) is 24.8 Å². The Kier molecular flexibility index (Phi) is 12.3. The van der Waals surface area contributed by atoms with E-state index in [4.69, 9.17) is 19.4 Å². The Hall–Kier alpha value is -4.76. The number of likely N-dealkylation sites (tertiary alicyclic amines) is 1. The molecule has 2 aliphatic rings. The molecule has 1 aliphatic carbocycles. The third-order valence-corrected chi connectivity index (χ3v) is 13.9. The summed E-state index contributed by atoms with van der Waals surface area (Å²) < 4.78 is 10.7.